The third-order valence-corrected chi connectivity index (χ3v) is 3.95. The van der Waals surface area contributed by atoms with Crippen LogP contribution in [0.3, 0.4) is 0 Å². The van der Waals surface area contributed by atoms with E-state index < -0.39 is 0 Å². The summed E-state index contributed by atoms with van der Waals surface area (Å²) in [5, 5.41) is 9.36. The molecule has 0 amide bonds. The van der Waals surface area contributed by atoms with Crippen LogP contribution in [0, 0.1) is 16.7 Å². The molecule has 1 rings (SSSR count). The summed E-state index contributed by atoms with van der Waals surface area (Å²) in [6.45, 7) is 11.1. The van der Waals surface area contributed by atoms with Crippen molar-refractivity contribution in [2.24, 2.45) is 16.7 Å². The van der Waals surface area contributed by atoms with Gasteiger partial charge in [-0.3, -0.25) is 0 Å². The van der Waals surface area contributed by atoms with Crippen LogP contribution in [-0.4, -0.2) is 11.7 Å². The first kappa shape index (κ1) is 11.8. The molecule has 0 unspecified atom stereocenters. The summed E-state index contributed by atoms with van der Waals surface area (Å²) >= 11 is 0. The zero-order chi connectivity index (χ0) is 10.8. The summed E-state index contributed by atoms with van der Waals surface area (Å²) < 4.78 is 0. The first-order valence-corrected chi connectivity index (χ1v) is 5.68. The van der Waals surface area contributed by atoms with Gasteiger partial charge in [0, 0.05) is 5.41 Å². The average Bonchev–Trinajstić information content (AvgIpc) is 2.16. The lowest BCUT2D eigenvalue weighted by atomic mass is 9.64. The monoisotopic (exact) mass is 196 g/mol. The Hall–Kier alpha value is -0.300. The molecule has 1 heteroatoms. The second kappa shape index (κ2) is 4.06. The highest BCUT2D eigenvalue weighted by Gasteiger charge is 2.36. The Morgan fingerprint density at radius 2 is 1.86 bits per heavy atom. The fourth-order valence-corrected chi connectivity index (χ4v) is 2.49. The van der Waals surface area contributed by atoms with Crippen LogP contribution in [-0.2, 0) is 0 Å². The van der Waals surface area contributed by atoms with Crippen LogP contribution in [0.25, 0.3) is 0 Å². The van der Waals surface area contributed by atoms with Crippen molar-refractivity contribution in [2.75, 3.05) is 6.61 Å². The maximum Gasteiger partial charge on any atom is 0.0521 e. The molecule has 14 heavy (non-hydrogen) atoms. The van der Waals surface area contributed by atoms with Gasteiger partial charge in [0.1, 0.15) is 0 Å². The molecule has 1 nitrogen and oxygen atoms in total. The molecular weight excluding hydrogens is 172 g/mol. The van der Waals surface area contributed by atoms with Gasteiger partial charge in [-0.2, -0.15) is 0 Å². The molecule has 0 saturated heterocycles. The molecule has 1 fully saturated rings. The Labute approximate surface area is 88.2 Å². The van der Waals surface area contributed by atoms with Gasteiger partial charge in [0.05, 0.1) is 6.61 Å². The molecule has 82 valence electrons. The fourth-order valence-electron chi connectivity index (χ4n) is 2.49. The first-order chi connectivity index (χ1) is 6.43. The van der Waals surface area contributed by atoms with E-state index in [1.54, 1.807) is 0 Å². The van der Waals surface area contributed by atoms with Crippen molar-refractivity contribution >= 4 is 0 Å². The lowest BCUT2D eigenvalue weighted by molar-refractivity contribution is 0.0704. The zero-order valence-electron chi connectivity index (χ0n) is 9.84. The topological polar surface area (TPSA) is 20.2 Å². The van der Waals surface area contributed by atoms with Crippen molar-refractivity contribution < 1.29 is 5.11 Å². The SMILES string of the molecule is C=CC1(CO)CCC(C(C)(C)C)CC1. The number of aliphatic hydroxyl groups is 1. The van der Waals surface area contributed by atoms with Gasteiger partial charge >= 0.3 is 0 Å². The van der Waals surface area contributed by atoms with Gasteiger partial charge < -0.3 is 5.11 Å². The van der Waals surface area contributed by atoms with Gasteiger partial charge in [0.25, 0.3) is 0 Å². The van der Waals surface area contributed by atoms with Crippen molar-refractivity contribution in [3.8, 4) is 0 Å². The normalized spacial score (nSPS) is 34.1. The Balaban J connectivity index is 2.57. The largest absolute Gasteiger partial charge is 0.395 e. The summed E-state index contributed by atoms with van der Waals surface area (Å²) in [4.78, 5) is 0. The highest BCUT2D eigenvalue weighted by molar-refractivity contribution is 4.98. The van der Waals surface area contributed by atoms with Gasteiger partial charge in [-0.25, -0.2) is 0 Å². The Kier molecular flexibility index (Phi) is 3.41. The molecule has 1 N–H and O–H groups in total. The predicted molar refractivity (Wildman–Crippen MR) is 61.1 cm³/mol. The minimum Gasteiger partial charge on any atom is -0.395 e. The lowest BCUT2D eigenvalue weighted by Crippen LogP contribution is -2.33. The van der Waals surface area contributed by atoms with E-state index in [4.69, 9.17) is 0 Å². The van der Waals surface area contributed by atoms with Gasteiger partial charge in [-0.05, 0) is 37.0 Å². The van der Waals surface area contributed by atoms with E-state index in [0.717, 1.165) is 18.8 Å². The van der Waals surface area contributed by atoms with Crippen LogP contribution in [0.1, 0.15) is 46.5 Å². The van der Waals surface area contributed by atoms with Crippen LogP contribution in [0.5, 0.6) is 0 Å². The highest BCUT2D eigenvalue weighted by Crippen LogP contribution is 2.45. The molecule has 0 heterocycles. The quantitative estimate of drug-likeness (QED) is 0.671. The minimum atomic E-state index is 0.0295. The van der Waals surface area contributed by atoms with Gasteiger partial charge in [-0.15, -0.1) is 6.58 Å². The highest BCUT2D eigenvalue weighted by atomic mass is 16.3. The number of aliphatic hydroxyl groups excluding tert-OH is 1. The fraction of sp³-hybridized carbons (Fsp3) is 0.846. The Bertz CT molecular complexity index is 192. The van der Waals surface area contributed by atoms with Crippen molar-refractivity contribution in [1.82, 2.24) is 0 Å². The molecule has 1 aliphatic rings. The number of rotatable bonds is 2. The van der Waals surface area contributed by atoms with Crippen LogP contribution in [0.4, 0.5) is 0 Å². The van der Waals surface area contributed by atoms with Crippen LogP contribution in [0.15, 0.2) is 12.7 Å². The Morgan fingerprint density at radius 1 is 1.36 bits per heavy atom. The minimum absolute atomic E-state index is 0.0295. The molecule has 0 aromatic carbocycles. The Morgan fingerprint density at radius 3 is 2.14 bits per heavy atom. The standard InChI is InChI=1S/C13H24O/c1-5-13(10-14)8-6-11(7-9-13)12(2,3)4/h5,11,14H,1,6-10H2,2-4H3. The van der Waals surface area contributed by atoms with E-state index in [2.05, 4.69) is 27.4 Å². The second-order valence-corrected chi connectivity index (χ2v) is 5.86. The van der Waals surface area contributed by atoms with E-state index in [9.17, 15) is 5.11 Å². The lowest BCUT2D eigenvalue weighted by Gasteiger charge is -2.41. The summed E-state index contributed by atoms with van der Waals surface area (Å²) in [5.74, 6) is 0.808. The molecule has 0 spiro atoms. The second-order valence-electron chi connectivity index (χ2n) is 5.86. The molecule has 1 aliphatic carbocycles. The van der Waals surface area contributed by atoms with Gasteiger partial charge in [0.2, 0.25) is 0 Å². The third-order valence-electron chi connectivity index (χ3n) is 3.95. The summed E-state index contributed by atoms with van der Waals surface area (Å²) in [5.41, 5.74) is 0.449. The van der Waals surface area contributed by atoms with E-state index in [0.29, 0.717) is 5.41 Å². The van der Waals surface area contributed by atoms with Crippen molar-refractivity contribution in [3.63, 3.8) is 0 Å². The summed E-state index contributed by atoms with van der Waals surface area (Å²) in [6.07, 6.45) is 6.64. The molecule has 0 aliphatic heterocycles. The average molecular weight is 196 g/mol. The van der Waals surface area contributed by atoms with Crippen molar-refractivity contribution in [3.05, 3.63) is 12.7 Å². The zero-order valence-corrected chi connectivity index (χ0v) is 9.84. The van der Waals surface area contributed by atoms with Crippen molar-refractivity contribution in [2.45, 2.75) is 46.5 Å². The maximum atomic E-state index is 9.36. The third kappa shape index (κ3) is 2.38. The molecular formula is C13H24O. The molecule has 0 bridgehead atoms. The molecule has 1 saturated carbocycles. The number of hydrogen-bond acceptors (Lipinski definition) is 1. The predicted octanol–water partition coefficient (Wildman–Crippen LogP) is 3.39. The van der Waals surface area contributed by atoms with Crippen molar-refractivity contribution in [1.29, 1.82) is 0 Å². The maximum absolute atomic E-state index is 9.36. The number of hydrogen-bond donors (Lipinski definition) is 1. The summed E-state index contributed by atoms with van der Waals surface area (Å²) in [6, 6.07) is 0. The van der Waals surface area contributed by atoms with Crippen LogP contribution >= 0.6 is 0 Å². The van der Waals surface area contributed by atoms with E-state index in [1.165, 1.54) is 12.8 Å². The van der Waals surface area contributed by atoms with E-state index in [-0.39, 0.29) is 12.0 Å². The molecule has 0 aromatic heterocycles. The molecule has 0 radical (unpaired) electrons. The smallest absolute Gasteiger partial charge is 0.0521 e. The van der Waals surface area contributed by atoms with Crippen LogP contribution < -0.4 is 0 Å². The first-order valence-electron chi connectivity index (χ1n) is 5.68. The van der Waals surface area contributed by atoms with Gasteiger partial charge in [0.15, 0.2) is 0 Å². The van der Waals surface area contributed by atoms with E-state index in [1.807, 2.05) is 6.08 Å². The van der Waals surface area contributed by atoms with E-state index >= 15 is 0 Å². The molecule has 0 atom stereocenters. The van der Waals surface area contributed by atoms with Crippen LogP contribution in [0.2, 0.25) is 0 Å². The van der Waals surface area contributed by atoms with Gasteiger partial charge in [-0.1, -0.05) is 26.8 Å². The molecule has 0 aromatic rings. The summed E-state index contributed by atoms with van der Waals surface area (Å²) in [7, 11) is 0.